The smallest absolute Gasteiger partial charge is 0.407 e. The molecule has 2 aromatic rings. The molecule has 1 saturated carbocycles. The minimum atomic E-state index is -1.36. The highest BCUT2D eigenvalue weighted by atomic mass is 16.5. The number of hydrogen-bond acceptors (Lipinski definition) is 4. The van der Waals surface area contributed by atoms with Crippen LogP contribution in [0.4, 0.5) is 4.79 Å². The molecule has 0 aliphatic heterocycles. The quantitative estimate of drug-likeness (QED) is 0.528. The Balaban J connectivity index is 1.44. The number of nitrogens with one attached hydrogen (secondary N) is 2. The van der Waals surface area contributed by atoms with Crippen LogP contribution in [-0.4, -0.2) is 41.3 Å². The zero-order valence-electron chi connectivity index (χ0n) is 20.6. The molecular weight excluding hydrogens is 444 g/mol. The molecule has 186 valence electrons. The number of rotatable bonds is 7. The summed E-state index contributed by atoms with van der Waals surface area (Å²) in [4.78, 5) is 37.9. The molecule has 3 atom stereocenters. The maximum Gasteiger partial charge on any atom is 0.407 e. The lowest BCUT2D eigenvalue weighted by atomic mass is 9.70. The highest BCUT2D eigenvalue weighted by molar-refractivity contribution is 5.90. The number of aliphatic carboxylic acids is 1. The van der Waals surface area contributed by atoms with Crippen molar-refractivity contribution in [2.45, 2.75) is 70.4 Å². The van der Waals surface area contributed by atoms with Gasteiger partial charge in [-0.25, -0.2) is 9.59 Å². The summed E-state index contributed by atoms with van der Waals surface area (Å²) in [7, 11) is 0. The third-order valence-electron chi connectivity index (χ3n) is 7.93. The van der Waals surface area contributed by atoms with Gasteiger partial charge < -0.3 is 20.5 Å². The predicted molar refractivity (Wildman–Crippen MR) is 133 cm³/mol. The summed E-state index contributed by atoms with van der Waals surface area (Å²) in [5.41, 5.74) is 2.31. The summed E-state index contributed by atoms with van der Waals surface area (Å²) in [5.74, 6) is -1.48. The van der Waals surface area contributed by atoms with Crippen LogP contribution in [0.1, 0.15) is 69.9 Å². The van der Waals surface area contributed by atoms with Gasteiger partial charge in [-0.2, -0.15) is 0 Å². The van der Waals surface area contributed by atoms with Crippen molar-refractivity contribution < 1.29 is 24.2 Å². The van der Waals surface area contributed by atoms with E-state index >= 15 is 0 Å². The van der Waals surface area contributed by atoms with Crippen molar-refractivity contribution in [2.24, 2.45) is 5.41 Å². The Kier molecular flexibility index (Phi) is 6.88. The van der Waals surface area contributed by atoms with Gasteiger partial charge in [0.15, 0.2) is 0 Å². The first-order valence-corrected chi connectivity index (χ1v) is 12.4. The fraction of sp³-hybridized carbons (Fsp3) is 0.464. The Morgan fingerprint density at radius 3 is 2.23 bits per heavy atom. The number of fused-ring (bicyclic) bond motifs is 3. The molecule has 7 heteroatoms. The van der Waals surface area contributed by atoms with Crippen LogP contribution >= 0.6 is 0 Å². The van der Waals surface area contributed by atoms with Gasteiger partial charge >= 0.3 is 12.1 Å². The first kappa shape index (κ1) is 24.8. The molecule has 0 bridgehead atoms. The van der Waals surface area contributed by atoms with Gasteiger partial charge in [-0.3, -0.25) is 4.79 Å². The van der Waals surface area contributed by atoms with E-state index in [9.17, 15) is 19.5 Å². The van der Waals surface area contributed by atoms with Gasteiger partial charge in [0, 0.05) is 12.0 Å². The molecule has 0 aromatic heterocycles. The average molecular weight is 479 g/mol. The van der Waals surface area contributed by atoms with E-state index in [-0.39, 0.29) is 24.9 Å². The number of benzene rings is 2. The number of amides is 2. The van der Waals surface area contributed by atoms with Gasteiger partial charge in [-0.15, -0.1) is 0 Å². The molecule has 0 spiro atoms. The number of ether oxygens (including phenoxy) is 1. The number of hydrogen-bond donors (Lipinski definition) is 3. The van der Waals surface area contributed by atoms with Gasteiger partial charge in [0.2, 0.25) is 5.91 Å². The molecule has 2 aliphatic rings. The molecular formula is C28H34N2O5. The topological polar surface area (TPSA) is 105 Å². The van der Waals surface area contributed by atoms with Gasteiger partial charge in [-0.1, -0.05) is 68.3 Å². The zero-order valence-corrected chi connectivity index (χ0v) is 20.6. The summed E-state index contributed by atoms with van der Waals surface area (Å²) in [6, 6.07) is 15.9. The Morgan fingerprint density at radius 2 is 1.66 bits per heavy atom. The highest BCUT2D eigenvalue weighted by Gasteiger charge is 2.47. The van der Waals surface area contributed by atoms with E-state index in [0.717, 1.165) is 35.1 Å². The number of carbonyl (C=O) groups is 3. The second-order valence-corrected chi connectivity index (χ2v) is 10.1. The lowest BCUT2D eigenvalue weighted by Crippen LogP contribution is -2.61. The summed E-state index contributed by atoms with van der Waals surface area (Å²) in [6.07, 6.45) is 2.60. The molecule has 0 saturated heterocycles. The van der Waals surface area contributed by atoms with E-state index in [4.69, 9.17) is 4.74 Å². The first-order chi connectivity index (χ1) is 16.7. The van der Waals surface area contributed by atoms with Crippen LogP contribution in [-0.2, 0) is 14.3 Å². The number of carboxylic acids is 1. The normalized spacial score (nSPS) is 22.9. The highest BCUT2D eigenvalue weighted by Crippen LogP contribution is 2.44. The predicted octanol–water partition coefficient (Wildman–Crippen LogP) is 4.84. The molecule has 2 aliphatic carbocycles. The third-order valence-corrected chi connectivity index (χ3v) is 7.93. The van der Waals surface area contributed by atoms with Crippen LogP contribution in [0.25, 0.3) is 11.1 Å². The van der Waals surface area contributed by atoms with Crippen LogP contribution in [0.5, 0.6) is 0 Å². The maximum atomic E-state index is 13.3. The average Bonchev–Trinajstić information content (AvgIpc) is 3.17. The number of alkyl carbamates (subject to hydrolysis) is 1. The Labute approximate surface area is 206 Å². The fourth-order valence-corrected chi connectivity index (χ4v) is 5.31. The lowest BCUT2D eigenvalue weighted by Gasteiger charge is -2.42. The molecule has 0 heterocycles. The minimum absolute atomic E-state index is 0.0463. The Bertz CT molecular complexity index is 1090. The molecule has 4 rings (SSSR count). The van der Waals surface area contributed by atoms with Crippen molar-refractivity contribution in [3.05, 3.63) is 59.7 Å². The van der Waals surface area contributed by atoms with Crippen molar-refractivity contribution in [2.75, 3.05) is 6.61 Å². The van der Waals surface area contributed by atoms with Crippen LogP contribution in [0.3, 0.4) is 0 Å². The minimum Gasteiger partial charge on any atom is -0.480 e. The van der Waals surface area contributed by atoms with E-state index < -0.39 is 29.1 Å². The van der Waals surface area contributed by atoms with Gasteiger partial charge in [0.05, 0.1) is 5.41 Å². The van der Waals surface area contributed by atoms with Crippen molar-refractivity contribution in [3.63, 3.8) is 0 Å². The van der Waals surface area contributed by atoms with Gasteiger partial charge in [0.25, 0.3) is 0 Å². The molecule has 0 radical (unpaired) electrons. The van der Waals surface area contributed by atoms with E-state index in [2.05, 4.69) is 34.9 Å². The fourth-order valence-electron chi connectivity index (χ4n) is 5.31. The molecule has 35 heavy (non-hydrogen) atoms. The second kappa shape index (κ2) is 9.72. The van der Waals surface area contributed by atoms with Crippen LogP contribution < -0.4 is 10.6 Å². The third kappa shape index (κ3) is 4.64. The monoisotopic (exact) mass is 478 g/mol. The van der Waals surface area contributed by atoms with Crippen molar-refractivity contribution in [1.82, 2.24) is 10.6 Å². The standard InChI is InChI=1S/C28H34N2O5/c1-4-28(3,25(32)33)30-24(31)27(2)16-10-9-15-23(27)29-26(34)35-17-22-20-13-7-5-11-18(20)19-12-6-8-14-21(19)22/h5-8,11-14,22-23H,4,9-10,15-17H2,1-3H3,(H,29,34)(H,30,31)(H,32,33). The van der Waals surface area contributed by atoms with Crippen LogP contribution in [0.15, 0.2) is 48.5 Å². The van der Waals surface area contributed by atoms with E-state index in [1.165, 1.54) is 6.92 Å². The van der Waals surface area contributed by atoms with Crippen molar-refractivity contribution in [3.8, 4) is 11.1 Å². The summed E-state index contributed by atoms with van der Waals surface area (Å²) >= 11 is 0. The van der Waals surface area contributed by atoms with Crippen LogP contribution in [0.2, 0.25) is 0 Å². The van der Waals surface area contributed by atoms with Crippen molar-refractivity contribution in [1.29, 1.82) is 0 Å². The van der Waals surface area contributed by atoms with Gasteiger partial charge in [0.1, 0.15) is 12.1 Å². The summed E-state index contributed by atoms with van der Waals surface area (Å²) in [5, 5.41) is 15.2. The molecule has 3 N–H and O–H groups in total. The van der Waals surface area contributed by atoms with Crippen molar-refractivity contribution >= 4 is 18.0 Å². The van der Waals surface area contributed by atoms with E-state index in [1.54, 1.807) is 13.8 Å². The Morgan fingerprint density at radius 1 is 1.06 bits per heavy atom. The number of carbonyl (C=O) groups excluding carboxylic acids is 2. The maximum absolute atomic E-state index is 13.3. The molecule has 2 amide bonds. The molecule has 7 nitrogen and oxygen atoms in total. The SMILES string of the molecule is CCC(C)(NC(=O)C1(C)CCCCC1NC(=O)OCC1c2ccccc2-c2ccccc21)C(=O)O. The van der Waals surface area contributed by atoms with E-state index in [1.807, 2.05) is 24.3 Å². The second-order valence-electron chi connectivity index (χ2n) is 10.1. The van der Waals surface area contributed by atoms with Crippen LogP contribution in [0, 0.1) is 5.41 Å². The zero-order chi connectivity index (χ0) is 25.2. The molecule has 2 aromatic carbocycles. The lowest BCUT2D eigenvalue weighted by molar-refractivity contribution is -0.149. The first-order valence-electron chi connectivity index (χ1n) is 12.4. The number of carboxylic acid groups (broad SMARTS) is 1. The molecule has 1 fully saturated rings. The Hall–Kier alpha value is -3.35. The molecule has 3 unspecified atom stereocenters. The summed E-state index contributed by atoms with van der Waals surface area (Å²) in [6.45, 7) is 5.23. The van der Waals surface area contributed by atoms with Gasteiger partial charge in [-0.05, 0) is 55.4 Å². The van der Waals surface area contributed by atoms with E-state index in [0.29, 0.717) is 12.8 Å². The largest absolute Gasteiger partial charge is 0.480 e. The summed E-state index contributed by atoms with van der Waals surface area (Å²) < 4.78 is 5.70.